The maximum Gasteiger partial charge on any atom is 0.188 e. The third-order valence-electron chi connectivity index (χ3n) is 3.38. The van der Waals surface area contributed by atoms with Crippen LogP contribution in [0.5, 0.6) is 0 Å². The van der Waals surface area contributed by atoms with Crippen molar-refractivity contribution in [3.8, 4) is 0 Å². The molecule has 0 N–H and O–H groups in total. The molecule has 3 rings (SSSR count). The summed E-state index contributed by atoms with van der Waals surface area (Å²) in [5, 5.41) is 0. The molecule has 2 atom stereocenters. The van der Waals surface area contributed by atoms with Crippen molar-refractivity contribution >= 4 is 5.90 Å². The maximum absolute atomic E-state index is 6.01. The third-order valence-corrected chi connectivity index (χ3v) is 3.38. The van der Waals surface area contributed by atoms with Gasteiger partial charge in [0.1, 0.15) is 6.10 Å². The molecule has 0 aliphatic carbocycles. The van der Waals surface area contributed by atoms with Gasteiger partial charge in [0.25, 0.3) is 0 Å². The zero-order valence-corrected chi connectivity index (χ0v) is 11.0. The molecule has 2 aromatic rings. The van der Waals surface area contributed by atoms with E-state index in [9.17, 15) is 0 Å². The first-order valence-electron chi connectivity index (χ1n) is 6.65. The van der Waals surface area contributed by atoms with Crippen LogP contribution >= 0.6 is 0 Å². The Hall–Kier alpha value is -2.09. The van der Waals surface area contributed by atoms with Gasteiger partial charge in [0.05, 0.1) is 6.04 Å². The highest BCUT2D eigenvalue weighted by Crippen LogP contribution is 2.29. The van der Waals surface area contributed by atoms with Gasteiger partial charge in [0.2, 0.25) is 0 Å². The van der Waals surface area contributed by atoms with Crippen molar-refractivity contribution in [2.24, 2.45) is 4.99 Å². The molecule has 1 aliphatic heterocycles. The monoisotopic (exact) mass is 251 g/mol. The highest BCUT2D eigenvalue weighted by atomic mass is 16.5. The summed E-state index contributed by atoms with van der Waals surface area (Å²) in [6, 6.07) is 20.8. The zero-order valence-electron chi connectivity index (χ0n) is 11.0. The standard InChI is InChI=1S/C17H17NO/c1-13-17(15-10-6-3-7-11-15)19-16(18-13)12-14-8-4-2-5-9-14/h2-11,13,17H,12H2,1H3/t13-,17+/m0/s1. The average molecular weight is 251 g/mol. The molecule has 19 heavy (non-hydrogen) atoms. The minimum absolute atomic E-state index is 0.0555. The van der Waals surface area contributed by atoms with Crippen molar-refractivity contribution in [1.29, 1.82) is 0 Å². The fourth-order valence-corrected chi connectivity index (χ4v) is 2.42. The second-order valence-electron chi connectivity index (χ2n) is 4.87. The van der Waals surface area contributed by atoms with Crippen molar-refractivity contribution in [1.82, 2.24) is 0 Å². The Balaban J connectivity index is 1.72. The van der Waals surface area contributed by atoms with E-state index in [1.54, 1.807) is 0 Å². The summed E-state index contributed by atoms with van der Waals surface area (Å²) < 4.78 is 6.01. The Morgan fingerprint density at radius 3 is 2.26 bits per heavy atom. The largest absolute Gasteiger partial charge is 0.470 e. The first kappa shape index (κ1) is 12.0. The van der Waals surface area contributed by atoms with Crippen LogP contribution in [-0.4, -0.2) is 11.9 Å². The Bertz CT molecular complexity index is 562. The molecule has 1 heterocycles. The second kappa shape index (κ2) is 5.27. The highest BCUT2D eigenvalue weighted by Gasteiger charge is 2.28. The van der Waals surface area contributed by atoms with Crippen molar-refractivity contribution in [3.63, 3.8) is 0 Å². The molecule has 0 bridgehead atoms. The molecule has 0 spiro atoms. The normalized spacial score (nSPS) is 21.8. The SMILES string of the molecule is C[C@@H]1N=C(Cc2ccccc2)O[C@H]1c1ccccc1. The van der Waals surface area contributed by atoms with Crippen LogP contribution in [0.2, 0.25) is 0 Å². The van der Waals surface area contributed by atoms with E-state index in [0.717, 1.165) is 12.3 Å². The molecule has 0 unspecified atom stereocenters. The lowest BCUT2D eigenvalue weighted by atomic mass is 10.0. The van der Waals surface area contributed by atoms with Crippen LogP contribution < -0.4 is 0 Å². The number of aliphatic imine (C=N–C) groups is 1. The summed E-state index contributed by atoms with van der Waals surface area (Å²) in [7, 11) is 0. The molecule has 0 fully saturated rings. The smallest absolute Gasteiger partial charge is 0.188 e. The summed E-state index contributed by atoms with van der Waals surface area (Å²) in [6.07, 6.45) is 0.828. The van der Waals surface area contributed by atoms with Crippen molar-refractivity contribution < 1.29 is 4.74 Å². The van der Waals surface area contributed by atoms with Crippen LogP contribution in [0.15, 0.2) is 65.7 Å². The van der Waals surface area contributed by atoms with Gasteiger partial charge in [-0.3, -0.25) is 0 Å². The molecule has 96 valence electrons. The molecule has 1 aliphatic rings. The van der Waals surface area contributed by atoms with E-state index in [2.05, 4.69) is 36.2 Å². The number of benzene rings is 2. The molecule has 2 heteroatoms. The second-order valence-corrected chi connectivity index (χ2v) is 4.87. The Morgan fingerprint density at radius 1 is 0.947 bits per heavy atom. The number of ether oxygens (including phenoxy) is 1. The van der Waals surface area contributed by atoms with Crippen molar-refractivity contribution in [2.75, 3.05) is 0 Å². The van der Waals surface area contributed by atoms with Gasteiger partial charge in [-0.15, -0.1) is 0 Å². The van der Waals surface area contributed by atoms with Crippen LogP contribution in [0, 0.1) is 0 Å². The van der Waals surface area contributed by atoms with Crippen molar-refractivity contribution in [2.45, 2.75) is 25.5 Å². The molecule has 0 saturated heterocycles. The van der Waals surface area contributed by atoms with Gasteiger partial charge in [-0.1, -0.05) is 60.7 Å². The molecule has 0 amide bonds. The number of hydrogen-bond donors (Lipinski definition) is 0. The van der Waals surface area contributed by atoms with Gasteiger partial charge in [-0.2, -0.15) is 0 Å². The summed E-state index contributed by atoms with van der Waals surface area (Å²) >= 11 is 0. The van der Waals surface area contributed by atoms with Gasteiger partial charge in [0.15, 0.2) is 5.90 Å². The first-order chi connectivity index (χ1) is 9.33. The maximum atomic E-state index is 6.01. The lowest BCUT2D eigenvalue weighted by molar-refractivity contribution is 0.198. The molecular formula is C17H17NO. The lowest BCUT2D eigenvalue weighted by Gasteiger charge is -2.15. The van der Waals surface area contributed by atoms with Crippen LogP contribution in [0.3, 0.4) is 0 Å². The Morgan fingerprint density at radius 2 is 1.58 bits per heavy atom. The number of nitrogens with zero attached hydrogens (tertiary/aromatic N) is 1. The van der Waals surface area contributed by atoms with Gasteiger partial charge < -0.3 is 4.74 Å². The van der Waals surface area contributed by atoms with Gasteiger partial charge in [-0.25, -0.2) is 4.99 Å². The lowest BCUT2D eigenvalue weighted by Crippen LogP contribution is -2.11. The molecule has 0 saturated carbocycles. The van der Waals surface area contributed by atoms with Gasteiger partial charge in [-0.05, 0) is 18.1 Å². The van der Waals surface area contributed by atoms with Crippen LogP contribution in [-0.2, 0) is 11.2 Å². The minimum Gasteiger partial charge on any atom is -0.470 e. The summed E-state index contributed by atoms with van der Waals surface area (Å²) in [6.45, 7) is 2.11. The molecular weight excluding hydrogens is 234 g/mol. The van der Waals surface area contributed by atoms with Crippen molar-refractivity contribution in [3.05, 3.63) is 71.8 Å². The molecule has 0 radical (unpaired) electrons. The predicted octanol–water partition coefficient (Wildman–Crippen LogP) is 3.79. The van der Waals surface area contributed by atoms with E-state index < -0.39 is 0 Å². The molecule has 2 nitrogen and oxygen atoms in total. The van der Waals surface area contributed by atoms with E-state index in [1.165, 1.54) is 11.1 Å². The average Bonchev–Trinajstić information content (AvgIpc) is 2.82. The summed E-state index contributed by atoms with van der Waals surface area (Å²) in [4.78, 5) is 4.64. The Kier molecular flexibility index (Phi) is 3.32. The number of hydrogen-bond acceptors (Lipinski definition) is 2. The topological polar surface area (TPSA) is 21.6 Å². The van der Waals surface area contributed by atoms with Crippen LogP contribution in [0.25, 0.3) is 0 Å². The van der Waals surface area contributed by atoms with E-state index in [1.807, 2.05) is 36.4 Å². The third kappa shape index (κ3) is 2.68. The quantitative estimate of drug-likeness (QED) is 0.813. The van der Waals surface area contributed by atoms with E-state index in [0.29, 0.717) is 0 Å². The molecule has 0 aromatic heterocycles. The van der Waals surface area contributed by atoms with Gasteiger partial charge in [0, 0.05) is 6.42 Å². The number of rotatable bonds is 3. The van der Waals surface area contributed by atoms with Crippen LogP contribution in [0.4, 0.5) is 0 Å². The highest BCUT2D eigenvalue weighted by molar-refractivity contribution is 5.80. The van der Waals surface area contributed by atoms with Crippen LogP contribution in [0.1, 0.15) is 24.2 Å². The van der Waals surface area contributed by atoms with E-state index >= 15 is 0 Å². The van der Waals surface area contributed by atoms with E-state index in [-0.39, 0.29) is 12.1 Å². The summed E-state index contributed by atoms with van der Waals surface area (Å²) in [5.74, 6) is 0.840. The van der Waals surface area contributed by atoms with E-state index in [4.69, 9.17) is 4.74 Å². The first-order valence-corrected chi connectivity index (χ1v) is 6.65. The summed E-state index contributed by atoms with van der Waals surface area (Å²) in [5.41, 5.74) is 2.43. The Labute approximate surface area is 113 Å². The molecule has 2 aromatic carbocycles. The predicted molar refractivity (Wildman–Crippen MR) is 77.3 cm³/mol. The fraction of sp³-hybridized carbons (Fsp3) is 0.235. The fourth-order valence-electron chi connectivity index (χ4n) is 2.42. The minimum atomic E-state index is 0.0555. The zero-order chi connectivity index (χ0) is 13.1. The van der Waals surface area contributed by atoms with Gasteiger partial charge >= 0.3 is 0 Å².